The van der Waals surface area contributed by atoms with Crippen LogP contribution < -0.4 is 11.3 Å². The first-order valence-corrected chi connectivity index (χ1v) is 6.32. The second-order valence-corrected chi connectivity index (χ2v) is 4.68. The fraction of sp³-hybridized carbons (Fsp3) is 0.429. The van der Waals surface area contributed by atoms with E-state index in [9.17, 15) is 8.78 Å². The van der Waals surface area contributed by atoms with Crippen LogP contribution in [0.4, 0.5) is 8.78 Å². The predicted octanol–water partition coefficient (Wildman–Crippen LogP) is 3.36. The second kappa shape index (κ2) is 6.07. The van der Waals surface area contributed by atoms with Crippen molar-refractivity contribution in [1.82, 2.24) is 5.43 Å². The standard InChI is InChI=1S/C14H18F2N2/c15-12-7-11(8-13(16)9-12)14(18-17)10-5-3-1-2-4-6-10/h5,7-9,14,18H,1-4,6,17H2. The van der Waals surface area contributed by atoms with Crippen molar-refractivity contribution in [2.24, 2.45) is 5.84 Å². The Morgan fingerprint density at radius 1 is 1.06 bits per heavy atom. The van der Waals surface area contributed by atoms with Crippen molar-refractivity contribution in [1.29, 1.82) is 0 Å². The normalized spacial score (nSPS) is 18.1. The van der Waals surface area contributed by atoms with Crippen LogP contribution >= 0.6 is 0 Å². The first kappa shape index (κ1) is 13.2. The SMILES string of the molecule is NNC(C1=CCCCCC1)c1cc(F)cc(F)c1. The Balaban J connectivity index is 2.29. The molecule has 0 bridgehead atoms. The molecule has 2 rings (SSSR count). The van der Waals surface area contributed by atoms with Gasteiger partial charge in [-0.15, -0.1) is 0 Å². The lowest BCUT2D eigenvalue weighted by molar-refractivity contribution is 0.555. The molecule has 0 aromatic heterocycles. The zero-order valence-electron chi connectivity index (χ0n) is 10.3. The van der Waals surface area contributed by atoms with E-state index in [1.165, 1.54) is 18.6 Å². The lowest BCUT2D eigenvalue weighted by Gasteiger charge is -2.20. The Morgan fingerprint density at radius 3 is 2.44 bits per heavy atom. The second-order valence-electron chi connectivity index (χ2n) is 4.68. The minimum Gasteiger partial charge on any atom is -0.271 e. The van der Waals surface area contributed by atoms with E-state index in [1.807, 2.05) is 0 Å². The average molecular weight is 252 g/mol. The van der Waals surface area contributed by atoms with E-state index in [0.717, 1.165) is 37.3 Å². The summed E-state index contributed by atoms with van der Waals surface area (Å²) in [6, 6.07) is 3.24. The van der Waals surface area contributed by atoms with E-state index in [1.54, 1.807) is 0 Å². The maximum atomic E-state index is 13.2. The summed E-state index contributed by atoms with van der Waals surface area (Å²) in [5.41, 5.74) is 4.34. The van der Waals surface area contributed by atoms with Gasteiger partial charge in [0.1, 0.15) is 11.6 Å². The van der Waals surface area contributed by atoms with E-state index < -0.39 is 11.6 Å². The highest BCUT2D eigenvalue weighted by atomic mass is 19.1. The number of allylic oxidation sites excluding steroid dienone is 1. The molecule has 0 aliphatic heterocycles. The molecule has 1 aromatic rings. The Bertz CT molecular complexity index is 423. The van der Waals surface area contributed by atoms with Crippen LogP contribution in [0.25, 0.3) is 0 Å². The molecule has 4 heteroatoms. The number of hydrogen-bond donors (Lipinski definition) is 2. The van der Waals surface area contributed by atoms with Crippen LogP contribution in [0.1, 0.15) is 43.7 Å². The summed E-state index contributed by atoms with van der Waals surface area (Å²) < 4.78 is 26.5. The number of rotatable bonds is 3. The molecule has 0 saturated carbocycles. The number of nitrogens with one attached hydrogen (secondary N) is 1. The van der Waals surface area contributed by atoms with Crippen LogP contribution in [-0.2, 0) is 0 Å². The molecule has 18 heavy (non-hydrogen) atoms. The molecular weight excluding hydrogens is 234 g/mol. The third-order valence-corrected chi connectivity index (χ3v) is 3.33. The third kappa shape index (κ3) is 3.15. The molecule has 1 aliphatic rings. The highest BCUT2D eigenvalue weighted by Crippen LogP contribution is 2.29. The maximum absolute atomic E-state index is 13.2. The quantitative estimate of drug-likeness (QED) is 0.492. The Labute approximate surface area is 106 Å². The molecule has 2 nitrogen and oxygen atoms in total. The van der Waals surface area contributed by atoms with Crippen molar-refractivity contribution in [2.75, 3.05) is 0 Å². The van der Waals surface area contributed by atoms with Crippen molar-refractivity contribution >= 4 is 0 Å². The first-order chi connectivity index (χ1) is 8.70. The summed E-state index contributed by atoms with van der Waals surface area (Å²) in [5, 5.41) is 0. The molecule has 1 unspecified atom stereocenters. The topological polar surface area (TPSA) is 38.0 Å². The maximum Gasteiger partial charge on any atom is 0.126 e. The number of hydrogen-bond acceptors (Lipinski definition) is 2. The van der Waals surface area contributed by atoms with Crippen molar-refractivity contribution in [2.45, 2.75) is 38.1 Å². The number of benzene rings is 1. The van der Waals surface area contributed by atoms with Gasteiger partial charge in [-0.1, -0.05) is 18.1 Å². The molecule has 0 spiro atoms. The van der Waals surface area contributed by atoms with Crippen molar-refractivity contribution in [3.63, 3.8) is 0 Å². The van der Waals surface area contributed by atoms with Crippen LogP contribution in [0.5, 0.6) is 0 Å². The molecule has 0 fully saturated rings. The minimum atomic E-state index is -0.570. The predicted molar refractivity (Wildman–Crippen MR) is 67.6 cm³/mol. The monoisotopic (exact) mass is 252 g/mol. The summed E-state index contributed by atoms with van der Waals surface area (Å²) in [6.07, 6.45) is 7.52. The molecule has 98 valence electrons. The smallest absolute Gasteiger partial charge is 0.126 e. The number of nitrogens with two attached hydrogens (primary N) is 1. The van der Waals surface area contributed by atoms with Crippen molar-refractivity contribution in [3.8, 4) is 0 Å². The highest BCUT2D eigenvalue weighted by molar-refractivity contribution is 5.29. The van der Waals surface area contributed by atoms with E-state index in [4.69, 9.17) is 5.84 Å². The lowest BCUT2D eigenvalue weighted by Crippen LogP contribution is -2.29. The average Bonchev–Trinajstić information content (AvgIpc) is 2.58. The summed E-state index contributed by atoms with van der Waals surface area (Å²) in [6.45, 7) is 0. The van der Waals surface area contributed by atoms with Crippen LogP contribution in [0.3, 0.4) is 0 Å². The van der Waals surface area contributed by atoms with E-state index in [2.05, 4.69) is 11.5 Å². The van der Waals surface area contributed by atoms with Gasteiger partial charge in [0, 0.05) is 6.07 Å². The summed E-state index contributed by atoms with van der Waals surface area (Å²) in [4.78, 5) is 0. The summed E-state index contributed by atoms with van der Waals surface area (Å²) >= 11 is 0. The fourth-order valence-corrected chi connectivity index (χ4v) is 2.46. The molecule has 0 saturated heterocycles. The zero-order chi connectivity index (χ0) is 13.0. The molecule has 0 amide bonds. The van der Waals surface area contributed by atoms with E-state index >= 15 is 0 Å². The van der Waals surface area contributed by atoms with Crippen LogP contribution in [0.15, 0.2) is 29.8 Å². The van der Waals surface area contributed by atoms with E-state index in [0.29, 0.717) is 5.56 Å². The van der Waals surface area contributed by atoms with Crippen LogP contribution in [-0.4, -0.2) is 0 Å². The Hall–Kier alpha value is -1.26. The van der Waals surface area contributed by atoms with Gasteiger partial charge < -0.3 is 0 Å². The Morgan fingerprint density at radius 2 is 1.78 bits per heavy atom. The van der Waals surface area contributed by atoms with Crippen molar-refractivity contribution < 1.29 is 8.78 Å². The lowest BCUT2D eigenvalue weighted by atomic mass is 9.95. The largest absolute Gasteiger partial charge is 0.271 e. The molecule has 1 atom stereocenters. The van der Waals surface area contributed by atoms with Gasteiger partial charge in [0.2, 0.25) is 0 Å². The summed E-state index contributed by atoms with van der Waals surface area (Å²) in [7, 11) is 0. The van der Waals surface area contributed by atoms with E-state index in [-0.39, 0.29) is 6.04 Å². The van der Waals surface area contributed by atoms with Gasteiger partial charge in [0.15, 0.2) is 0 Å². The van der Waals surface area contributed by atoms with Gasteiger partial charge >= 0.3 is 0 Å². The molecule has 1 aliphatic carbocycles. The molecule has 0 radical (unpaired) electrons. The molecular formula is C14H18F2N2. The van der Waals surface area contributed by atoms with Gasteiger partial charge in [-0.3, -0.25) is 5.84 Å². The highest BCUT2D eigenvalue weighted by Gasteiger charge is 2.17. The van der Waals surface area contributed by atoms with Gasteiger partial charge in [0.05, 0.1) is 6.04 Å². The van der Waals surface area contributed by atoms with Gasteiger partial charge in [-0.25, -0.2) is 14.2 Å². The van der Waals surface area contributed by atoms with Gasteiger partial charge in [0.25, 0.3) is 0 Å². The Kier molecular flexibility index (Phi) is 4.44. The molecule has 0 heterocycles. The molecule has 3 N–H and O–H groups in total. The van der Waals surface area contributed by atoms with Crippen molar-refractivity contribution in [3.05, 3.63) is 47.0 Å². The zero-order valence-corrected chi connectivity index (χ0v) is 10.3. The summed E-state index contributed by atoms with van der Waals surface area (Å²) in [5.74, 6) is 4.41. The van der Waals surface area contributed by atoms with Gasteiger partial charge in [-0.05, 0) is 43.4 Å². The number of hydrazine groups is 1. The van der Waals surface area contributed by atoms with Gasteiger partial charge in [-0.2, -0.15) is 0 Å². The number of halogens is 2. The fourth-order valence-electron chi connectivity index (χ4n) is 2.46. The van der Waals surface area contributed by atoms with Crippen LogP contribution in [0, 0.1) is 11.6 Å². The molecule has 1 aromatic carbocycles. The minimum absolute atomic E-state index is 0.298. The third-order valence-electron chi connectivity index (χ3n) is 3.33. The first-order valence-electron chi connectivity index (χ1n) is 6.32. The van der Waals surface area contributed by atoms with Crippen LogP contribution in [0.2, 0.25) is 0 Å².